The van der Waals surface area contributed by atoms with E-state index in [0.29, 0.717) is 18.0 Å². The molecule has 0 aliphatic rings. The molecule has 0 unspecified atom stereocenters. The molecular formula is C12H19NO3S. The summed E-state index contributed by atoms with van der Waals surface area (Å²) in [6.45, 7) is 4.60. The zero-order valence-electron chi connectivity index (χ0n) is 10.2. The van der Waals surface area contributed by atoms with Gasteiger partial charge in [0.15, 0.2) is 9.84 Å². The minimum Gasteiger partial charge on any atom is -0.395 e. The van der Waals surface area contributed by atoms with Crippen molar-refractivity contribution in [2.24, 2.45) is 0 Å². The molecule has 0 amide bonds. The number of hydrogen-bond donors (Lipinski definition) is 2. The molecule has 2 N–H and O–H groups in total. The fourth-order valence-electron chi connectivity index (χ4n) is 1.38. The molecule has 1 aromatic carbocycles. The molecule has 0 aliphatic carbocycles. The van der Waals surface area contributed by atoms with E-state index in [1.807, 2.05) is 0 Å². The summed E-state index contributed by atoms with van der Waals surface area (Å²) >= 11 is 0. The van der Waals surface area contributed by atoms with E-state index in [1.165, 1.54) is 0 Å². The lowest BCUT2D eigenvalue weighted by molar-refractivity contribution is 0.292. The van der Waals surface area contributed by atoms with Crippen LogP contribution >= 0.6 is 0 Å². The number of nitrogens with one attached hydrogen (secondary N) is 1. The summed E-state index contributed by atoms with van der Waals surface area (Å²) in [5.41, 5.74) is 1.00. The number of rotatable bonds is 6. The topological polar surface area (TPSA) is 66.4 Å². The smallest absolute Gasteiger partial charge is 0.180 e. The van der Waals surface area contributed by atoms with Gasteiger partial charge >= 0.3 is 0 Å². The van der Waals surface area contributed by atoms with Crippen LogP contribution in [0, 0.1) is 0 Å². The van der Waals surface area contributed by atoms with Crippen LogP contribution < -0.4 is 5.32 Å². The Morgan fingerprint density at radius 1 is 1.24 bits per heavy atom. The van der Waals surface area contributed by atoms with Crippen molar-refractivity contribution in [3.8, 4) is 0 Å². The second-order valence-electron chi connectivity index (χ2n) is 4.14. The predicted molar refractivity (Wildman–Crippen MR) is 67.6 cm³/mol. The third-order valence-corrected chi connectivity index (χ3v) is 4.66. The van der Waals surface area contributed by atoms with Gasteiger partial charge < -0.3 is 10.4 Å². The lowest BCUT2D eigenvalue weighted by Crippen LogP contribution is -2.17. The molecule has 0 atom stereocenters. The van der Waals surface area contributed by atoms with Gasteiger partial charge in [-0.25, -0.2) is 8.42 Å². The third-order valence-electron chi connectivity index (χ3n) is 2.49. The Balaban J connectivity index is 2.75. The molecule has 5 heteroatoms. The highest BCUT2D eigenvalue weighted by molar-refractivity contribution is 7.92. The van der Waals surface area contributed by atoms with Crippen molar-refractivity contribution in [2.75, 3.05) is 13.2 Å². The van der Waals surface area contributed by atoms with E-state index in [9.17, 15) is 8.42 Å². The predicted octanol–water partition coefficient (Wildman–Crippen LogP) is 0.951. The summed E-state index contributed by atoms with van der Waals surface area (Å²) in [6.07, 6.45) is 0. The number of benzene rings is 1. The van der Waals surface area contributed by atoms with Crippen LogP contribution in [0.15, 0.2) is 29.2 Å². The van der Waals surface area contributed by atoms with Crippen molar-refractivity contribution in [1.29, 1.82) is 0 Å². The van der Waals surface area contributed by atoms with E-state index in [4.69, 9.17) is 5.11 Å². The van der Waals surface area contributed by atoms with Crippen LogP contribution in [-0.2, 0) is 16.4 Å². The van der Waals surface area contributed by atoms with Crippen molar-refractivity contribution in [3.63, 3.8) is 0 Å². The summed E-state index contributed by atoms with van der Waals surface area (Å²) in [5, 5.41) is 11.2. The minimum atomic E-state index is -3.18. The highest BCUT2D eigenvalue weighted by Crippen LogP contribution is 2.16. The first-order valence-electron chi connectivity index (χ1n) is 5.63. The fourth-order valence-corrected chi connectivity index (χ4v) is 2.44. The average molecular weight is 257 g/mol. The molecule has 1 rings (SSSR count). The Morgan fingerprint density at radius 2 is 1.82 bits per heavy atom. The molecule has 0 fully saturated rings. The van der Waals surface area contributed by atoms with Gasteiger partial charge in [-0.2, -0.15) is 0 Å². The highest BCUT2D eigenvalue weighted by atomic mass is 32.2. The van der Waals surface area contributed by atoms with Crippen LogP contribution in [0.25, 0.3) is 0 Å². The van der Waals surface area contributed by atoms with Gasteiger partial charge in [-0.15, -0.1) is 0 Å². The Kier molecular flexibility index (Phi) is 5.11. The Morgan fingerprint density at radius 3 is 2.29 bits per heavy atom. The van der Waals surface area contributed by atoms with Crippen molar-refractivity contribution in [3.05, 3.63) is 29.8 Å². The largest absolute Gasteiger partial charge is 0.395 e. The Hall–Kier alpha value is -0.910. The molecule has 1 aromatic rings. The Bertz CT molecular complexity index is 437. The van der Waals surface area contributed by atoms with Gasteiger partial charge in [0.05, 0.1) is 16.8 Å². The lowest BCUT2D eigenvalue weighted by Gasteiger charge is -2.08. The molecule has 0 aliphatic heterocycles. The van der Waals surface area contributed by atoms with Crippen LogP contribution in [0.4, 0.5) is 0 Å². The van der Waals surface area contributed by atoms with Crippen molar-refractivity contribution < 1.29 is 13.5 Å². The normalized spacial score (nSPS) is 12.0. The average Bonchev–Trinajstić information content (AvgIpc) is 2.30. The van der Waals surface area contributed by atoms with Crippen LogP contribution in [0.1, 0.15) is 19.4 Å². The Labute approximate surface area is 103 Å². The number of sulfone groups is 1. The van der Waals surface area contributed by atoms with Crippen molar-refractivity contribution in [1.82, 2.24) is 5.32 Å². The standard InChI is InChI=1S/C12H19NO3S/c1-10(2)17(15,16)12-5-3-11(4-6-12)9-13-7-8-14/h3-6,10,13-14H,7-9H2,1-2H3. The molecule has 0 saturated carbocycles. The van der Waals surface area contributed by atoms with E-state index in [0.717, 1.165) is 5.56 Å². The third kappa shape index (κ3) is 3.80. The van der Waals surface area contributed by atoms with Gasteiger partial charge in [0.2, 0.25) is 0 Å². The molecule has 4 nitrogen and oxygen atoms in total. The quantitative estimate of drug-likeness (QED) is 0.745. The van der Waals surface area contributed by atoms with Crippen LogP contribution in [0.5, 0.6) is 0 Å². The van der Waals surface area contributed by atoms with Gasteiger partial charge in [-0.3, -0.25) is 0 Å². The summed E-state index contributed by atoms with van der Waals surface area (Å²) < 4.78 is 23.7. The molecule has 17 heavy (non-hydrogen) atoms. The second kappa shape index (κ2) is 6.14. The van der Waals surface area contributed by atoms with Crippen LogP contribution in [0.2, 0.25) is 0 Å². The van der Waals surface area contributed by atoms with Gasteiger partial charge in [0.25, 0.3) is 0 Å². The summed E-state index contributed by atoms with van der Waals surface area (Å²) in [4.78, 5) is 0.360. The molecule has 0 aromatic heterocycles. The molecule has 96 valence electrons. The molecule has 0 spiro atoms. The summed E-state index contributed by atoms with van der Waals surface area (Å²) in [5.74, 6) is 0. The maximum atomic E-state index is 11.9. The van der Waals surface area contributed by atoms with E-state index in [1.54, 1.807) is 38.1 Å². The van der Waals surface area contributed by atoms with E-state index < -0.39 is 15.1 Å². The van der Waals surface area contributed by atoms with Gasteiger partial charge in [0, 0.05) is 13.1 Å². The number of aliphatic hydroxyl groups is 1. The van der Waals surface area contributed by atoms with Crippen LogP contribution in [0.3, 0.4) is 0 Å². The maximum Gasteiger partial charge on any atom is 0.180 e. The SMILES string of the molecule is CC(C)S(=O)(=O)c1ccc(CNCCO)cc1. The molecule has 0 saturated heterocycles. The van der Waals surface area contributed by atoms with E-state index in [-0.39, 0.29) is 6.61 Å². The monoisotopic (exact) mass is 257 g/mol. The summed E-state index contributed by atoms with van der Waals surface area (Å²) in [7, 11) is -3.18. The first-order chi connectivity index (χ1) is 7.98. The minimum absolute atomic E-state index is 0.0970. The van der Waals surface area contributed by atoms with Crippen molar-refractivity contribution >= 4 is 9.84 Å². The van der Waals surface area contributed by atoms with Gasteiger partial charge in [-0.05, 0) is 31.5 Å². The zero-order valence-corrected chi connectivity index (χ0v) is 11.0. The first-order valence-corrected chi connectivity index (χ1v) is 7.17. The van der Waals surface area contributed by atoms with E-state index in [2.05, 4.69) is 5.32 Å². The lowest BCUT2D eigenvalue weighted by atomic mass is 10.2. The number of hydrogen-bond acceptors (Lipinski definition) is 4. The highest BCUT2D eigenvalue weighted by Gasteiger charge is 2.18. The fraction of sp³-hybridized carbons (Fsp3) is 0.500. The zero-order chi connectivity index (χ0) is 12.9. The second-order valence-corrected chi connectivity index (χ2v) is 6.64. The number of aliphatic hydroxyl groups excluding tert-OH is 1. The molecule has 0 heterocycles. The van der Waals surface area contributed by atoms with Crippen molar-refractivity contribution in [2.45, 2.75) is 30.5 Å². The summed E-state index contributed by atoms with van der Waals surface area (Å²) in [6, 6.07) is 6.84. The molecule has 0 bridgehead atoms. The van der Waals surface area contributed by atoms with Gasteiger partial charge in [-0.1, -0.05) is 12.1 Å². The van der Waals surface area contributed by atoms with Crippen LogP contribution in [-0.4, -0.2) is 31.9 Å². The first kappa shape index (κ1) is 14.2. The van der Waals surface area contributed by atoms with Gasteiger partial charge in [0.1, 0.15) is 0 Å². The molecule has 0 radical (unpaired) electrons. The van der Waals surface area contributed by atoms with E-state index >= 15 is 0 Å². The maximum absolute atomic E-state index is 11.9. The molecular weight excluding hydrogens is 238 g/mol.